The number of benzene rings is 1. The van der Waals surface area contributed by atoms with Crippen molar-refractivity contribution >= 4 is 34.5 Å². The number of hydrogen-bond acceptors (Lipinski definition) is 3. The smallest absolute Gasteiger partial charge is 0.328 e. The summed E-state index contributed by atoms with van der Waals surface area (Å²) in [6, 6.07) is 6.65. The Balaban J connectivity index is 2.82. The maximum atomic E-state index is 12.2. The average Bonchev–Trinajstić information content (AvgIpc) is 2.36. The molecule has 1 N–H and O–H groups in total. The number of rotatable bonds is 5. The molecule has 1 unspecified atom stereocenters. The minimum Gasteiger partial charge on any atom is -0.467 e. The molecule has 1 aromatic carbocycles. The Morgan fingerprint density at radius 3 is 2.47 bits per heavy atom. The topological polar surface area (TPSA) is 55.4 Å². The number of hydrogen-bond donors (Lipinski definition) is 1. The van der Waals surface area contributed by atoms with Gasteiger partial charge in [0, 0.05) is 3.57 Å². The number of esters is 1. The first-order chi connectivity index (χ1) is 8.95. The Bertz CT molecular complexity index is 460. The summed E-state index contributed by atoms with van der Waals surface area (Å²) in [5, 5.41) is 2.74. The maximum Gasteiger partial charge on any atom is 0.328 e. The summed E-state index contributed by atoms with van der Waals surface area (Å²) in [6.07, 6.45) is 0.557. The lowest BCUT2D eigenvalue weighted by molar-refractivity contribution is -0.143. The van der Waals surface area contributed by atoms with Crippen molar-refractivity contribution in [3.8, 4) is 0 Å². The molecule has 0 aromatic heterocycles. The van der Waals surface area contributed by atoms with E-state index in [9.17, 15) is 9.59 Å². The molecule has 104 valence electrons. The van der Waals surface area contributed by atoms with Gasteiger partial charge in [-0.15, -0.1) is 0 Å². The van der Waals surface area contributed by atoms with Crippen molar-refractivity contribution < 1.29 is 14.3 Å². The van der Waals surface area contributed by atoms with E-state index in [0.29, 0.717) is 17.9 Å². The Kier molecular flexibility index (Phi) is 6.27. The van der Waals surface area contributed by atoms with Crippen LogP contribution < -0.4 is 5.32 Å². The van der Waals surface area contributed by atoms with E-state index < -0.39 is 12.0 Å². The molecular formula is C14H18INO3. The van der Waals surface area contributed by atoms with Crippen molar-refractivity contribution in [1.82, 2.24) is 5.32 Å². The molecule has 0 aliphatic heterocycles. The van der Waals surface area contributed by atoms with Gasteiger partial charge < -0.3 is 10.1 Å². The van der Waals surface area contributed by atoms with E-state index in [4.69, 9.17) is 4.74 Å². The Morgan fingerprint density at radius 1 is 1.32 bits per heavy atom. The van der Waals surface area contributed by atoms with E-state index in [1.165, 1.54) is 7.11 Å². The molecule has 1 atom stereocenters. The van der Waals surface area contributed by atoms with Crippen molar-refractivity contribution in [3.63, 3.8) is 0 Å². The molecule has 1 rings (SSSR count). The van der Waals surface area contributed by atoms with E-state index in [1.807, 2.05) is 26.0 Å². The quantitative estimate of drug-likeness (QED) is 0.636. The lowest BCUT2D eigenvalue weighted by Gasteiger charge is -2.18. The van der Waals surface area contributed by atoms with Crippen LogP contribution in [-0.4, -0.2) is 25.0 Å². The zero-order valence-electron chi connectivity index (χ0n) is 11.3. The van der Waals surface area contributed by atoms with Gasteiger partial charge in [0.05, 0.1) is 12.7 Å². The lowest BCUT2D eigenvalue weighted by atomic mass is 10.0. The molecule has 1 amide bonds. The molecule has 0 aliphatic carbocycles. The fourth-order valence-corrected chi connectivity index (χ4v) is 2.34. The lowest BCUT2D eigenvalue weighted by Crippen LogP contribution is -2.42. The van der Waals surface area contributed by atoms with Crippen molar-refractivity contribution in [1.29, 1.82) is 0 Å². The maximum absolute atomic E-state index is 12.2. The highest BCUT2D eigenvalue weighted by atomic mass is 127. The SMILES string of the molecule is COC(=O)C(CC(C)C)NC(=O)c1ccccc1I. The zero-order chi connectivity index (χ0) is 14.4. The third kappa shape index (κ3) is 4.81. The molecule has 0 spiro atoms. The predicted octanol–water partition coefficient (Wildman–Crippen LogP) is 2.61. The summed E-state index contributed by atoms with van der Waals surface area (Å²) in [5.74, 6) is -0.367. The van der Waals surface area contributed by atoms with Crippen LogP contribution in [0.15, 0.2) is 24.3 Å². The summed E-state index contributed by atoms with van der Waals surface area (Å²) < 4.78 is 5.58. The van der Waals surface area contributed by atoms with Crippen molar-refractivity contribution in [2.75, 3.05) is 7.11 Å². The standard InChI is InChI=1S/C14H18INO3/c1-9(2)8-12(14(18)19-3)16-13(17)10-6-4-5-7-11(10)15/h4-7,9,12H,8H2,1-3H3,(H,16,17). The van der Waals surface area contributed by atoms with Gasteiger partial charge in [0.15, 0.2) is 0 Å². The molecule has 0 heterocycles. The summed E-state index contributed by atoms with van der Waals surface area (Å²) >= 11 is 2.10. The number of ether oxygens (including phenoxy) is 1. The fraction of sp³-hybridized carbons (Fsp3) is 0.429. The van der Waals surface area contributed by atoms with Crippen LogP contribution in [0.4, 0.5) is 0 Å². The molecule has 19 heavy (non-hydrogen) atoms. The number of carbonyl (C=O) groups is 2. The summed E-state index contributed by atoms with van der Waals surface area (Å²) in [4.78, 5) is 23.8. The second-order valence-electron chi connectivity index (χ2n) is 4.66. The summed E-state index contributed by atoms with van der Waals surface area (Å²) in [6.45, 7) is 3.99. The van der Waals surface area contributed by atoms with Crippen LogP contribution in [0.1, 0.15) is 30.6 Å². The molecule has 0 saturated heterocycles. The highest BCUT2D eigenvalue weighted by molar-refractivity contribution is 14.1. The van der Waals surface area contributed by atoms with Crippen molar-refractivity contribution in [2.24, 2.45) is 5.92 Å². The number of halogens is 1. The van der Waals surface area contributed by atoms with Gasteiger partial charge in [-0.3, -0.25) is 4.79 Å². The average molecular weight is 375 g/mol. The molecule has 0 radical (unpaired) electrons. The van der Waals surface area contributed by atoms with Gasteiger partial charge in [0.2, 0.25) is 0 Å². The van der Waals surface area contributed by atoms with Crippen molar-refractivity contribution in [2.45, 2.75) is 26.3 Å². The second kappa shape index (κ2) is 7.47. The van der Waals surface area contributed by atoms with Gasteiger partial charge in [0.25, 0.3) is 5.91 Å². The van der Waals surface area contributed by atoms with E-state index in [0.717, 1.165) is 3.57 Å². The Hall–Kier alpha value is -1.11. The zero-order valence-corrected chi connectivity index (χ0v) is 13.4. The third-order valence-corrected chi connectivity index (χ3v) is 3.56. The van der Waals surface area contributed by atoms with Crippen LogP contribution in [-0.2, 0) is 9.53 Å². The van der Waals surface area contributed by atoms with E-state index in [1.54, 1.807) is 12.1 Å². The first kappa shape index (κ1) is 15.9. The van der Waals surface area contributed by atoms with E-state index in [2.05, 4.69) is 27.9 Å². The van der Waals surface area contributed by atoms with Gasteiger partial charge in [-0.05, 0) is 47.1 Å². The molecule has 1 aromatic rings. The molecule has 0 saturated carbocycles. The van der Waals surface area contributed by atoms with Crippen LogP contribution in [0.3, 0.4) is 0 Å². The second-order valence-corrected chi connectivity index (χ2v) is 5.82. The third-order valence-electron chi connectivity index (χ3n) is 2.62. The van der Waals surface area contributed by atoms with Crippen LogP contribution in [0.5, 0.6) is 0 Å². The number of amides is 1. The van der Waals surface area contributed by atoms with E-state index in [-0.39, 0.29) is 5.91 Å². The normalized spacial score (nSPS) is 12.1. The molecule has 0 bridgehead atoms. The largest absolute Gasteiger partial charge is 0.467 e. The minimum atomic E-state index is -0.603. The predicted molar refractivity (Wildman–Crippen MR) is 81.9 cm³/mol. The summed E-state index contributed by atoms with van der Waals surface area (Å²) in [5.41, 5.74) is 0.570. The van der Waals surface area contributed by atoms with Gasteiger partial charge in [0.1, 0.15) is 6.04 Å². The number of methoxy groups -OCH3 is 1. The van der Waals surface area contributed by atoms with E-state index >= 15 is 0 Å². The first-order valence-corrected chi connectivity index (χ1v) is 7.16. The number of nitrogens with one attached hydrogen (secondary N) is 1. The highest BCUT2D eigenvalue weighted by Crippen LogP contribution is 2.13. The molecule has 0 aliphatic rings. The minimum absolute atomic E-state index is 0.249. The van der Waals surface area contributed by atoms with Crippen LogP contribution in [0.25, 0.3) is 0 Å². The van der Waals surface area contributed by atoms with Gasteiger partial charge >= 0.3 is 5.97 Å². The Morgan fingerprint density at radius 2 is 1.95 bits per heavy atom. The number of carbonyl (C=O) groups excluding carboxylic acids is 2. The highest BCUT2D eigenvalue weighted by Gasteiger charge is 2.23. The first-order valence-electron chi connectivity index (χ1n) is 6.09. The Labute approximate surface area is 127 Å². The monoisotopic (exact) mass is 375 g/mol. The van der Waals surface area contributed by atoms with Crippen LogP contribution in [0.2, 0.25) is 0 Å². The molecule has 4 nitrogen and oxygen atoms in total. The van der Waals surface area contributed by atoms with Crippen LogP contribution in [0, 0.1) is 9.49 Å². The van der Waals surface area contributed by atoms with Gasteiger partial charge in [-0.25, -0.2) is 4.79 Å². The summed E-state index contributed by atoms with van der Waals surface area (Å²) in [7, 11) is 1.33. The molecule has 5 heteroatoms. The fourth-order valence-electron chi connectivity index (χ4n) is 1.71. The van der Waals surface area contributed by atoms with Crippen molar-refractivity contribution in [3.05, 3.63) is 33.4 Å². The van der Waals surface area contributed by atoms with Gasteiger partial charge in [-0.1, -0.05) is 26.0 Å². The molecular weight excluding hydrogens is 357 g/mol. The molecule has 0 fully saturated rings. The van der Waals surface area contributed by atoms with Gasteiger partial charge in [-0.2, -0.15) is 0 Å². The van der Waals surface area contributed by atoms with Crippen LogP contribution >= 0.6 is 22.6 Å².